The highest BCUT2D eigenvalue weighted by atomic mass is 35.5. The highest BCUT2D eigenvalue weighted by Crippen LogP contribution is 2.37. The van der Waals surface area contributed by atoms with E-state index >= 15 is 0 Å². The summed E-state index contributed by atoms with van der Waals surface area (Å²) in [4.78, 5) is 24.7. The molecule has 10 heteroatoms. The summed E-state index contributed by atoms with van der Waals surface area (Å²) in [5, 5.41) is 13.3. The summed E-state index contributed by atoms with van der Waals surface area (Å²) < 4.78 is 39.3. The SMILES string of the molecule is O=C(Nc1cc(C(F)(F)F)ccc1N1CCCC1)c1ccc(Cl)c([N+](=O)[O-])c1. The van der Waals surface area contributed by atoms with Gasteiger partial charge >= 0.3 is 6.18 Å². The third kappa shape index (κ3) is 4.19. The fourth-order valence-corrected chi connectivity index (χ4v) is 3.22. The van der Waals surface area contributed by atoms with E-state index in [-0.39, 0.29) is 16.3 Å². The smallest absolute Gasteiger partial charge is 0.370 e. The van der Waals surface area contributed by atoms with Crippen LogP contribution in [0.1, 0.15) is 28.8 Å². The number of hydrogen-bond donors (Lipinski definition) is 1. The molecule has 1 amide bonds. The second-order valence-electron chi connectivity index (χ2n) is 6.30. The highest BCUT2D eigenvalue weighted by molar-refractivity contribution is 6.32. The Kier molecular flexibility index (Phi) is 5.46. The van der Waals surface area contributed by atoms with Gasteiger partial charge in [-0.15, -0.1) is 0 Å². The lowest BCUT2D eigenvalue weighted by atomic mass is 10.1. The molecule has 1 N–H and O–H groups in total. The third-order valence-corrected chi connectivity index (χ3v) is 4.74. The second-order valence-corrected chi connectivity index (χ2v) is 6.71. The Balaban J connectivity index is 1.96. The first-order chi connectivity index (χ1) is 13.2. The lowest BCUT2D eigenvalue weighted by molar-refractivity contribution is -0.384. The number of nitrogens with one attached hydrogen (secondary N) is 1. The Morgan fingerprint density at radius 3 is 2.43 bits per heavy atom. The lowest BCUT2D eigenvalue weighted by Crippen LogP contribution is -2.22. The van der Waals surface area contributed by atoms with Gasteiger partial charge in [-0.05, 0) is 43.2 Å². The van der Waals surface area contributed by atoms with Crippen LogP contribution in [0.4, 0.5) is 30.2 Å². The van der Waals surface area contributed by atoms with Crippen LogP contribution in [0.3, 0.4) is 0 Å². The average Bonchev–Trinajstić information content (AvgIpc) is 3.15. The van der Waals surface area contributed by atoms with E-state index in [1.807, 2.05) is 4.90 Å². The Hall–Kier alpha value is -2.81. The molecule has 2 aromatic rings. The summed E-state index contributed by atoms with van der Waals surface area (Å²) >= 11 is 5.73. The lowest BCUT2D eigenvalue weighted by Gasteiger charge is -2.23. The zero-order valence-electron chi connectivity index (χ0n) is 14.4. The van der Waals surface area contributed by atoms with Crippen molar-refractivity contribution in [1.29, 1.82) is 0 Å². The van der Waals surface area contributed by atoms with Crippen molar-refractivity contribution in [3.8, 4) is 0 Å². The molecule has 6 nitrogen and oxygen atoms in total. The van der Waals surface area contributed by atoms with E-state index < -0.39 is 28.3 Å². The van der Waals surface area contributed by atoms with Crippen LogP contribution in [0.2, 0.25) is 5.02 Å². The number of halogens is 4. The summed E-state index contributed by atoms with van der Waals surface area (Å²) in [5.41, 5.74) is -0.964. The van der Waals surface area contributed by atoms with Crippen LogP contribution in [-0.4, -0.2) is 23.9 Å². The van der Waals surface area contributed by atoms with Crippen molar-refractivity contribution < 1.29 is 22.9 Å². The minimum absolute atomic E-state index is 0.000622. The van der Waals surface area contributed by atoms with Crippen molar-refractivity contribution in [3.63, 3.8) is 0 Å². The topological polar surface area (TPSA) is 75.5 Å². The van der Waals surface area contributed by atoms with E-state index in [9.17, 15) is 28.1 Å². The van der Waals surface area contributed by atoms with Crippen LogP contribution in [0.15, 0.2) is 36.4 Å². The van der Waals surface area contributed by atoms with E-state index in [0.29, 0.717) is 18.8 Å². The van der Waals surface area contributed by atoms with Crippen molar-refractivity contribution in [3.05, 3.63) is 62.7 Å². The number of amides is 1. The Bertz CT molecular complexity index is 928. The number of carbonyl (C=O) groups is 1. The predicted octanol–water partition coefficient (Wildman–Crippen LogP) is 5.12. The van der Waals surface area contributed by atoms with Crippen molar-refractivity contribution in [2.45, 2.75) is 19.0 Å². The molecule has 1 saturated heterocycles. The van der Waals surface area contributed by atoms with Gasteiger partial charge in [0.05, 0.1) is 21.9 Å². The molecule has 2 aromatic carbocycles. The van der Waals surface area contributed by atoms with Gasteiger partial charge in [0.15, 0.2) is 0 Å². The number of hydrogen-bond acceptors (Lipinski definition) is 4. The van der Waals surface area contributed by atoms with Gasteiger partial charge in [-0.3, -0.25) is 14.9 Å². The first kappa shape index (κ1) is 19.9. The van der Waals surface area contributed by atoms with Gasteiger partial charge in [0, 0.05) is 24.7 Å². The highest BCUT2D eigenvalue weighted by Gasteiger charge is 2.32. The quantitative estimate of drug-likeness (QED) is 0.557. The summed E-state index contributed by atoms with van der Waals surface area (Å²) in [7, 11) is 0. The largest absolute Gasteiger partial charge is 0.416 e. The van der Waals surface area contributed by atoms with Gasteiger partial charge in [-0.1, -0.05) is 11.6 Å². The van der Waals surface area contributed by atoms with Gasteiger partial charge in [0.1, 0.15) is 5.02 Å². The number of anilines is 2. The zero-order valence-corrected chi connectivity index (χ0v) is 15.2. The second kappa shape index (κ2) is 7.67. The number of nitro benzene ring substituents is 1. The monoisotopic (exact) mass is 413 g/mol. The van der Waals surface area contributed by atoms with E-state index in [2.05, 4.69) is 5.32 Å². The minimum atomic E-state index is -4.57. The maximum absolute atomic E-state index is 13.1. The predicted molar refractivity (Wildman–Crippen MR) is 99.0 cm³/mol. The molecule has 0 saturated carbocycles. The van der Waals surface area contributed by atoms with Gasteiger partial charge in [-0.25, -0.2) is 0 Å². The number of rotatable bonds is 4. The molecule has 0 spiro atoms. The molecule has 0 aromatic heterocycles. The van der Waals surface area contributed by atoms with Crippen molar-refractivity contribution in [1.82, 2.24) is 0 Å². The molecule has 1 aliphatic heterocycles. The zero-order chi connectivity index (χ0) is 20.5. The summed E-state index contributed by atoms with van der Waals surface area (Å²) in [6, 6.07) is 6.62. The van der Waals surface area contributed by atoms with Gasteiger partial charge in [0.25, 0.3) is 11.6 Å². The first-order valence-corrected chi connectivity index (χ1v) is 8.76. The molecule has 1 aliphatic rings. The van der Waals surface area contributed by atoms with Crippen LogP contribution in [0.25, 0.3) is 0 Å². The molecule has 0 radical (unpaired) electrons. The normalized spacial score (nSPS) is 14.2. The number of alkyl halides is 3. The summed E-state index contributed by atoms with van der Waals surface area (Å²) in [6.45, 7) is 1.33. The number of benzene rings is 2. The molecule has 0 aliphatic carbocycles. The van der Waals surface area contributed by atoms with E-state index in [4.69, 9.17) is 11.6 Å². The Labute approximate surface area is 163 Å². The number of carbonyl (C=O) groups excluding carboxylic acids is 1. The van der Waals surface area contributed by atoms with E-state index in [1.165, 1.54) is 18.2 Å². The van der Waals surface area contributed by atoms with Crippen molar-refractivity contribution >= 4 is 34.6 Å². The van der Waals surface area contributed by atoms with Crippen LogP contribution < -0.4 is 10.2 Å². The summed E-state index contributed by atoms with van der Waals surface area (Å²) in [6.07, 6.45) is -2.77. The standard InChI is InChI=1S/C18H15ClF3N3O3/c19-13-5-3-11(9-16(13)25(27)28)17(26)23-14-10-12(18(20,21)22)4-6-15(14)24-7-1-2-8-24/h3-6,9-10H,1-2,7-8H2,(H,23,26). The molecule has 0 atom stereocenters. The van der Waals surface area contributed by atoms with E-state index in [0.717, 1.165) is 31.0 Å². The van der Waals surface area contributed by atoms with Gasteiger partial charge in [0.2, 0.25) is 0 Å². The molecule has 3 rings (SSSR count). The number of nitro groups is 1. The van der Waals surface area contributed by atoms with Crippen molar-refractivity contribution in [2.75, 3.05) is 23.3 Å². The fourth-order valence-electron chi connectivity index (χ4n) is 3.03. The maximum Gasteiger partial charge on any atom is 0.416 e. The molecular weight excluding hydrogens is 399 g/mol. The Morgan fingerprint density at radius 1 is 1.14 bits per heavy atom. The number of nitrogens with zero attached hydrogens (tertiary/aromatic N) is 2. The van der Waals surface area contributed by atoms with E-state index in [1.54, 1.807) is 0 Å². The molecule has 0 unspecified atom stereocenters. The average molecular weight is 414 g/mol. The van der Waals surface area contributed by atoms with Gasteiger partial charge < -0.3 is 10.2 Å². The molecule has 0 bridgehead atoms. The van der Waals surface area contributed by atoms with Crippen LogP contribution in [0, 0.1) is 10.1 Å². The van der Waals surface area contributed by atoms with Gasteiger partial charge in [-0.2, -0.15) is 13.2 Å². The van der Waals surface area contributed by atoms with Crippen molar-refractivity contribution in [2.24, 2.45) is 0 Å². The molecule has 148 valence electrons. The molecule has 1 fully saturated rings. The fraction of sp³-hybridized carbons (Fsp3) is 0.278. The van der Waals surface area contributed by atoms with Crippen LogP contribution in [0.5, 0.6) is 0 Å². The first-order valence-electron chi connectivity index (χ1n) is 8.38. The maximum atomic E-state index is 13.1. The third-order valence-electron chi connectivity index (χ3n) is 4.42. The summed E-state index contributed by atoms with van der Waals surface area (Å²) in [5.74, 6) is -0.764. The molecule has 1 heterocycles. The molecular formula is C18H15ClF3N3O3. The van der Waals surface area contributed by atoms with Crippen LogP contribution >= 0.6 is 11.6 Å². The minimum Gasteiger partial charge on any atom is -0.370 e. The molecule has 28 heavy (non-hydrogen) atoms. The van der Waals surface area contributed by atoms with Crippen LogP contribution in [-0.2, 0) is 6.18 Å². The Morgan fingerprint density at radius 2 is 1.82 bits per heavy atom.